The Balaban J connectivity index is 1.60. The number of thiophene rings is 1. The molecule has 1 fully saturated rings. The summed E-state index contributed by atoms with van der Waals surface area (Å²) in [6.45, 7) is 2.10. The molecule has 0 spiro atoms. The molecule has 1 N–H and O–H groups in total. The third kappa shape index (κ3) is 4.28. The number of carbonyl (C=O) groups excluding carboxylic acids is 1. The second kappa shape index (κ2) is 8.55. The van der Waals surface area contributed by atoms with Crippen molar-refractivity contribution >= 4 is 49.7 Å². The molecule has 5 rings (SSSR count). The molecule has 3 aromatic heterocycles. The topological polar surface area (TPSA) is 93.9 Å². The number of nitrogens with zero attached hydrogens (tertiary/aromatic N) is 3. The maximum absolute atomic E-state index is 13.3. The van der Waals surface area contributed by atoms with Crippen LogP contribution in [0.3, 0.4) is 0 Å². The Bertz CT molecular complexity index is 1460. The van der Waals surface area contributed by atoms with Crippen LogP contribution in [0.5, 0.6) is 0 Å². The van der Waals surface area contributed by atoms with Gasteiger partial charge in [-0.3, -0.25) is 4.79 Å². The van der Waals surface area contributed by atoms with Gasteiger partial charge in [-0.05, 0) is 42.5 Å². The van der Waals surface area contributed by atoms with E-state index < -0.39 is 9.84 Å². The molecule has 4 aromatic rings. The second-order valence-corrected chi connectivity index (χ2v) is 11.7. The fraction of sp³-hybridized carbons (Fsp3) is 0.261. The number of aromatic nitrogens is 3. The van der Waals surface area contributed by atoms with Gasteiger partial charge in [0, 0.05) is 11.6 Å². The van der Waals surface area contributed by atoms with Crippen LogP contribution in [0.1, 0.15) is 34.1 Å². The highest BCUT2D eigenvalue weighted by atomic mass is 35.5. The average molecular weight is 501 g/mol. The summed E-state index contributed by atoms with van der Waals surface area (Å²) in [6, 6.07) is 12.7. The smallest absolute Gasteiger partial charge is 0.252 e. The number of sulfone groups is 1. The van der Waals surface area contributed by atoms with Crippen molar-refractivity contribution in [1.29, 1.82) is 0 Å². The quantitative estimate of drug-likeness (QED) is 0.438. The van der Waals surface area contributed by atoms with Gasteiger partial charge >= 0.3 is 0 Å². The molecule has 4 heterocycles. The molecule has 1 aliphatic heterocycles. The number of carbonyl (C=O) groups is 1. The van der Waals surface area contributed by atoms with E-state index in [1.54, 1.807) is 16.8 Å². The molecule has 1 aromatic carbocycles. The molecule has 33 heavy (non-hydrogen) atoms. The fourth-order valence-electron chi connectivity index (χ4n) is 4.18. The molecule has 1 saturated heterocycles. The molecule has 170 valence electrons. The largest absolute Gasteiger partial charge is 0.348 e. The van der Waals surface area contributed by atoms with E-state index in [0.29, 0.717) is 39.4 Å². The van der Waals surface area contributed by atoms with Crippen molar-refractivity contribution in [3.63, 3.8) is 0 Å². The molecule has 10 heteroatoms. The van der Waals surface area contributed by atoms with Crippen molar-refractivity contribution in [1.82, 2.24) is 20.1 Å². The third-order valence-electron chi connectivity index (χ3n) is 5.81. The zero-order valence-corrected chi connectivity index (χ0v) is 20.2. The van der Waals surface area contributed by atoms with Gasteiger partial charge in [0.1, 0.15) is 0 Å². The van der Waals surface area contributed by atoms with Crippen molar-refractivity contribution in [3.8, 4) is 10.6 Å². The van der Waals surface area contributed by atoms with Crippen LogP contribution in [0.4, 0.5) is 0 Å². The summed E-state index contributed by atoms with van der Waals surface area (Å²) in [5.74, 6) is -0.0995. The predicted molar refractivity (Wildman–Crippen MR) is 131 cm³/mol. The van der Waals surface area contributed by atoms with Crippen LogP contribution in [0.15, 0.2) is 47.8 Å². The maximum atomic E-state index is 13.3. The molecule has 0 saturated carbocycles. The lowest BCUT2D eigenvalue weighted by Gasteiger charge is -2.12. The average Bonchev–Trinajstić information content (AvgIpc) is 3.52. The van der Waals surface area contributed by atoms with E-state index in [0.717, 1.165) is 10.4 Å². The zero-order valence-electron chi connectivity index (χ0n) is 17.8. The molecule has 1 atom stereocenters. The van der Waals surface area contributed by atoms with Crippen molar-refractivity contribution in [2.24, 2.45) is 0 Å². The monoisotopic (exact) mass is 500 g/mol. The molecular formula is C23H21ClN4O3S2. The molecule has 7 nitrogen and oxygen atoms in total. The number of amides is 1. The summed E-state index contributed by atoms with van der Waals surface area (Å²) >= 11 is 7.77. The van der Waals surface area contributed by atoms with Crippen molar-refractivity contribution < 1.29 is 13.2 Å². The van der Waals surface area contributed by atoms with Crippen LogP contribution in [0.2, 0.25) is 5.02 Å². The summed E-state index contributed by atoms with van der Waals surface area (Å²) in [6.07, 6.45) is 0.484. The van der Waals surface area contributed by atoms with Gasteiger partial charge in [0.15, 0.2) is 15.5 Å². The first-order chi connectivity index (χ1) is 15.8. The Labute approximate surface area is 200 Å². The minimum atomic E-state index is -3.10. The molecule has 1 unspecified atom stereocenters. The molecular weight excluding hydrogens is 480 g/mol. The van der Waals surface area contributed by atoms with Crippen LogP contribution in [-0.4, -0.2) is 40.6 Å². The highest BCUT2D eigenvalue weighted by molar-refractivity contribution is 7.91. The van der Waals surface area contributed by atoms with Gasteiger partial charge in [-0.15, -0.1) is 11.3 Å². The van der Waals surface area contributed by atoms with E-state index in [1.807, 2.05) is 42.6 Å². The number of hydrogen-bond donors (Lipinski definition) is 1. The first-order valence-corrected chi connectivity index (χ1v) is 13.6. The highest BCUT2D eigenvalue weighted by Crippen LogP contribution is 2.33. The van der Waals surface area contributed by atoms with Gasteiger partial charge in [-0.25, -0.2) is 18.1 Å². The SMILES string of the molecule is Cc1nn(C2CCS(=O)(=O)C2)c2nc(-c3cccs3)cc(C(=O)NCc3ccccc3Cl)c12. The fourth-order valence-corrected chi connectivity index (χ4v) is 6.76. The molecule has 1 aliphatic rings. The lowest BCUT2D eigenvalue weighted by atomic mass is 10.1. The van der Waals surface area contributed by atoms with E-state index in [-0.39, 0.29) is 30.0 Å². The molecule has 1 amide bonds. The van der Waals surface area contributed by atoms with Gasteiger partial charge in [0.2, 0.25) is 0 Å². The first-order valence-electron chi connectivity index (χ1n) is 10.5. The first kappa shape index (κ1) is 22.1. The number of halogens is 1. The van der Waals surface area contributed by atoms with E-state index in [2.05, 4.69) is 10.4 Å². The molecule has 0 bridgehead atoms. The lowest BCUT2D eigenvalue weighted by molar-refractivity contribution is 0.0952. The van der Waals surface area contributed by atoms with Crippen LogP contribution < -0.4 is 5.32 Å². The summed E-state index contributed by atoms with van der Waals surface area (Å²) in [7, 11) is -3.10. The summed E-state index contributed by atoms with van der Waals surface area (Å²) in [5, 5.41) is 10.8. The molecule has 0 aliphatic carbocycles. The van der Waals surface area contributed by atoms with Crippen molar-refractivity contribution in [3.05, 3.63) is 69.7 Å². The van der Waals surface area contributed by atoms with E-state index >= 15 is 0 Å². The standard InChI is InChI=1S/C23H21ClN4O3S2/c1-14-21-17(23(29)25-12-15-5-2-3-6-18(15)24)11-19(20-7-4-9-32-20)26-22(21)28(27-14)16-8-10-33(30,31)13-16/h2-7,9,11,16H,8,10,12-13H2,1H3,(H,25,29). The minimum Gasteiger partial charge on any atom is -0.348 e. The summed E-state index contributed by atoms with van der Waals surface area (Å²) in [4.78, 5) is 19.1. The molecule has 0 radical (unpaired) electrons. The Hall–Kier alpha value is -2.75. The third-order valence-corrected chi connectivity index (χ3v) is 8.82. The number of pyridine rings is 1. The minimum absolute atomic E-state index is 0.0299. The van der Waals surface area contributed by atoms with Crippen molar-refractivity contribution in [2.75, 3.05) is 11.5 Å². The maximum Gasteiger partial charge on any atom is 0.252 e. The Morgan fingerprint density at radius 2 is 2.09 bits per heavy atom. The summed E-state index contributed by atoms with van der Waals surface area (Å²) < 4.78 is 25.9. The van der Waals surface area contributed by atoms with Crippen LogP contribution in [0.25, 0.3) is 21.6 Å². The predicted octanol–water partition coefficient (Wildman–Crippen LogP) is 4.41. The highest BCUT2D eigenvalue weighted by Gasteiger charge is 2.32. The van der Waals surface area contributed by atoms with E-state index in [9.17, 15) is 13.2 Å². The number of aryl methyl sites for hydroxylation is 1. The van der Waals surface area contributed by atoms with E-state index in [4.69, 9.17) is 16.6 Å². The number of fused-ring (bicyclic) bond motifs is 1. The van der Waals surface area contributed by atoms with Gasteiger partial charge in [0.05, 0.1) is 44.8 Å². The number of nitrogens with one attached hydrogen (secondary N) is 1. The van der Waals surface area contributed by atoms with E-state index in [1.165, 1.54) is 11.3 Å². The van der Waals surface area contributed by atoms with Gasteiger partial charge in [-0.2, -0.15) is 5.10 Å². The van der Waals surface area contributed by atoms with Crippen LogP contribution in [-0.2, 0) is 16.4 Å². The van der Waals surface area contributed by atoms with Crippen molar-refractivity contribution in [2.45, 2.75) is 25.9 Å². The number of rotatable bonds is 5. The second-order valence-electron chi connectivity index (χ2n) is 8.09. The van der Waals surface area contributed by atoms with Crippen LogP contribution in [0, 0.1) is 6.92 Å². The van der Waals surface area contributed by atoms with Gasteiger partial charge in [0.25, 0.3) is 5.91 Å². The van der Waals surface area contributed by atoms with Crippen LogP contribution >= 0.6 is 22.9 Å². The Morgan fingerprint density at radius 1 is 1.27 bits per heavy atom. The van der Waals surface area contributed by atoms with Gasteiger partial charge in [-0.1, -0.05) is 35.9 Å². The number of benzene rings is 1. The lowest BCUT2D eigenvalue weighted by Crippen LogP contribution is -2.23. The Kier molecular flexibility index (Phi) is 5.72. The summed E-state index contributed by atoms with van der Waals surface area (Å²) in [5.41, 5.74) is 3.10. The normalized spacial score (nSPS) is 17.5. The zero-order chi connectivity index (χ0) is 23.2. The van der Waals surface area contributed by atoms with Gasteiger partial charge < -0.3 is 5.32 Å². The number of hydrogen-bond acceptors (Lipinski definition) is 6. The Morgan fingerprint density at radius 3 is 2.79 bits per heavy atom.